The molecule has 0 aliphatic heterocycles. The van der Waals surface area contributed by atoms with Gasteiger partial charge in [0.15, 0.2) is 0 Å². The average Bonchev–Trinajstić information content (AvgIpc) is 2.91. The van der Waals surface area contributed by atoms with Crippen LogP contribution >= 0.6 is 27.7 Å². The summed E-state index contributed by atoms with van der Waals surface area (Å²) in [5, 5.41) is 3.46. The van der Waals surface area contributed by atoms with E-state index in [4.69, 9.17) is 4.42 Å². The fraction of sp³-hybridized carbons (Fsp3) is 0.375. The Balaban J connectivity index is 1.88. The van der Waals surface area contributed by atoms with Crippen LogP contribution in [0.15, 0.2) is 50.4 Å². The molecule has 4 heteroatoms. The molecule has 2 aromatic rings. The van der Waals surface area contributed by atoms with Gasteiger partial charge in [0, 0.05) is 15.9 Å². The van der Waals surface area contributed by atoms with E-state index < -0.39 is 0 Å². The van der Waals surface area contributed by atoms with Crippen LogP contribution in [0.2, 0.25) is 0 Å². The average molecular weight is 354 g/mol. The SMILES string of the molecule is CC(C)CNCc1ccc(SCc2ccco2)cc1Br. The van der Waals surface area contributed by atoms with Crippen molar-refractivity contribution in [3.8, 4) is 0 Å². The summed E-state index contributed by atoms with van der Waals surface area (Å²) in [6, 6.07) is 10.5. The zero-order valence-electron chi connectivity index (χ0n) is 11.9. The van der Waals surface area contributed by atoms with Crippen molar-refractivity contribution in [1.29, 1.82) is 0 Å². The highest BCUT2D eigenvalue weighted by Gasteiger charge is 2.04. The zero-order valence-corrected chi connectivity index (χ0v) is 14.3. The summed E-state index contributed by atoms with van der Waals surface area (Å²) >= 11 is 5.44. The van der Waals surface area contributed by atoms with Gasteiger partial charge < -0.3 is 9.73 Å². The van der Waals surface area contributed by atoms with E-state index in [0.717, 1.165) is 24.6 Å². The molecule has 0 bridgehead atoms. The molecule has 0 spiro atoms. The van der Waals surface area contributed by atoms with Gasteiger partial charge in [0.25, 0.3) is 0 Å². The lowest BCUT2D eigenvalue weighted by atomic mass is 10.2. The summed E-state index contributed by atoms with van der Waals surface area (Å²) in [4.78, 5) is 1.25. The third kappa shape index (κ3) is 5.00. The maximum absolute atomic E-state index is 5.34. The molecule has 1 N–H and O–H groups in total. The monoisotopic (exact) mass is 353 g/mol. The maximum atomic E-state index is 5.34. The van der Waals surface area contributed by atoms with Crippen LogP contribution in [0.1, 0.15) is 25.2 Å². The topological polar surface area (TPSA) is 25.2 Å². The number of nitrogens with one attached hydrogen (secondary N) is 1. The van der Waals surface area contributed by atoms with Crippen molar-refractivity contribution in [2.75, 3.05) is 6.54 Å². The Hall–Kier alpha value is -0.710. The molecule has 0 radical (unpaired) electrons. The molecule has 0 saturated carbocycles. The van der Waals surface area contributed by atoms with E-state index in [1.54, 1.807) is 18.0 Å². The van der Waals surface area contributed by atoms with Crippen molar-refractivity contribution in [2.45, 2.75) is 31.0 Å². The Kier molecular flexibility index (Phi) is 6.20. The molecule has 1 heterocycles. The maximum Gasteiger partial charge on any atom is 0.113 e. The van der Waals surface area contributed by atoms with Gasteiger partial charge in [-0.05, 0) is 42.3 Å². The fourth-order valence-electron chi connectivity index (χ4n) is 1.81. The molecule has 0 atom stereocenters. The first-order chi connectivity index (χ1) is 9.65. The first-order valence-corrected chi connectivity index (χ1v) is 8.57. The lowest BCUT2D eigenvalue weighted by Gasteiger charge is -2.10. The van der Waals surface area contributed by atoms with Gasteiger partial charge in [-0.2, -0.15) is 0 Å². The van der Waals surface area contributed by atoms with Gasteiger partial charge in [-0.15, -0.1) is 11.8 Å². The highest BCUT2D eigenvalue weighted by atomic mass is 79.9. The number of hydrogen-bond acceptors (Lipinski definition) is 3. The predicted molar refractivity (Wildman–Crippen MR) is 89.0 cm³/mol. The molecular weight excluding hydrogens is 334 g/mol. The Morgan fingerprint density at radius 2 is 2.15 bits per heavy atom. The molecule has 0 saturated heterocycles. The Morgan fingerprint density at radius 3 is 2.80 bits per heavy atom. The van der Waals surface area contributed by atoms with Gasteiger partial charge in [0.1, 0.15) is 5.76 Å². The van der Waals surface area contributed by atoms with Crippen LogP contribution in [0.5, 0.6) is 0 Å². The van der Waals surface area contributed by atoms with Crippen LogP contribution in [0.4, 0.5) is 0 Å². The molecule has 20 heavy (non-hydrogen) atoms. The van der Waals surface area contributed by atoms with Crippen LogP contribution in [-0.2, 0) is 12.3 Å². The minimum Gasteiger partial charge on any atom is -0.468 e. The van der Waals surface area contributed by atoms with Crippen molar-refractivity contribution >= 4 is 27.7 Å². The quantitative estimate of drug-likeness (QED) is 0.702. The molecule has 108 valence electrons. The van der Waals surface area contributed by atoms with Gasteiger partial charge in [0.05, 0.1) is 12.0 Å². The molecular formula is C16H20BrNOS. The van der Waals surface area contributed by atoms with E-state index in [0.29, 0.717) is 5.92 Å². The summed E-state index contributed by atoms with van der Waals surface area (Å²) in [5.41, 5.74) is 1.30. The van der Waals surface area contributed by atoms with Crippen LogP contribution in [0.25, 0.3) is 0 Å². The number of thioether (sulfide) groups is 1. The normalized spacial score (nSPS) is 11.2. The van der Waals surface area contributed by atoms with Gasteiger partial charge in [-0.25, -0.2) is 0 Å². The van der Waals surface area contributed by atoms with Crippen LogP contribution in [-0.4, -0.2) is 6.54 Å². The fourth-order valence-corrected chi connectivity index (χ4v) is 3.32. The van der Waals surface area contributed by atoms with Gasteiger partial charge >= 0.3 is 0 Å². The van der Waals surface area contributed by atoms with E-state index in [-0.39, 0.29) is 0 Å². The third-order valence-corrected chi connectivity index (χ3v) is 4.61. The van der Waals surface area contributed by atoms with E-state index in [1.807, 2.05) is 12.1 Å². The lowest BCUT2D eigenvalue weighted by Crippen LogP contribution is -2.19. The van der Waals surface area contributed by atoms with E-state index in [2.05, 4.69) is 53.3 Å². The highest BCUT2D eigenvalue weighted by molar-refractivity contribution is 9.10. The molecule has 2 rings (SSSR count). The standard InChI is InChI=1S/C16H20BrNOS/c1-12(2)9-18-10-13-5-6-15(8-16(13)17)20-11-14-4-3-7-19-14/h3-8,12,18H,9-11H2,1-2H3. The summed E-state index contributed by atoms with van der Waals surface area (Å²) in [7, 11) is 0. The molecule has 0 unspecified atom stereocenters. The number of furan rings is 1. The van der Waals surface area contributed by atoms with Gasteiger partial charge in [-0.3, -0.25) is 0 Å². The second-order valence-corrected chi connectivity index (χ2v) is 7.05. The second kappa shape index (κ2) is 7.91. The minimum absolute atomic E-state index is 0.678. The van der Waals surface area contributed by atoms with Gasteiger partial charge in [0.2, 0.25) is 0 Å². The molecule has 0 aliphatic rings. The Morgan fingerprint density at radius 1 is 1.30 bits per heavy atom. The van der Waals surface area contributed by atoms with Crippen molar-refractivity contribution in [2.24, 2.45) is 5.92 Å². The third-order valence-electron chi connectivity index (χ3n) is 2.85. The first-order valence-electron chi connectivity index (χ1n) is 6.79. The van der Waals surface area contributed by atoms with Crippen molar-refractivity contribution < 1.29 is 4.42 Å². The van der Waals surface area contributed by atoms with Crippen molar-refractivity contribution in [1.82, 2.24) is 5.32 Å². The molecule has 0 aliphatic carbocycles. The summed E-state index contributed by atoms with van der Waals surface area (Å²) < 4.78 is 6.51. The van der Waals surface area contributed by atoms with Crippen LogP contribution < -0.4 is 5.32 Å². The number of halogens is 1. The highest BCUT2D eigenvalue weighted by Crippen LogP contribution is 2.28. The zero-order chi connectivity index (χ0) is 14.4. The van der Waals surface area contributed by atoms with Crippen molar-refractivity contribution in [3.05, 3.63) is 52.4 Å². The minimum atomic E-state index is 0.678. The smallest absolute Gasteiger partial charge is 0.113 e. The largest absolute Gasteiger partial charge is 0.468 e. The summed E-state index contributed by atoms with van der Waals surface area (Å²) in [6.07, 6.45) is 1.72. The van der Waals surface area contributed by atoms with Crippen LogP contribution in [0.3, 0.4) is 0 Å². The van der Waals surface area contributed by atoms with Crippen LogP contribution in [0, 0.1) is 5.92 Å². The second-order valence-electron chi connectivity index (χ2n) is 5.15. The molecule has 1 aromatic carbocycles. The summed E-state index contributed by atoms with van der Waals surface area (Å²) in [5.74, 6) is 2.55. The molecule has 0 amide bonds. The number of hydrogen-bond donors (Lipinski definition) is 1. The van der Waals surface area contributed by atoms with E-state index in [1.165, 1.54) is 14.9 Å². The molecule has 0 fully saturated rings. The lowest BCUT2D eigenvalue weighted by molar-refractivity contribution is 0.530. The van der Waals surface area contributed by atoms with Gasteiger partial charge in [-0.1, -0.05) is 35.8 Å². The first kappa shape index (κ1) is 15.7. The molecule has 1 aromatic heterocycles. The van der Waals surface area contributed by atoms with Crippen molar-refractivity contribution in [3.63, 3.8) is 0 Å². The Labute approximate surface area is 133 Å². The Bertz CT molecular complexity index is 525. The number of benzene rings is 1. The number of rotatable bonds is 7. The predicted octanol–water partition coefficient (Wildman–Crippen LogP) is 5.08. The summed E-state index contributed by atoms with van der Waals surface area (Å²) in [6.45, 7) is 6.39. The molecule has 2 nitrogen and oxygen atoms in total. The van der Waals surface area contributed by atoms with E-state index >= 15 is 0 Å². The van der Waals surface area contributed by atoms with E-state index in [9.17, 15) is 0 Å².